The molecule has 4 rings (SSSR count). The highest BCUT2D eigenvalue weighted by Crippen LogP contribution is 2.17. The van der Waals surface area contributed by atoms with Crippen LogP contribution in [-0.2, 0) is 13.0 Å². The summed E-state index contributed by atoms with van der Waals surface area (Å²) < 4.78 is 0. The molecule has 0 bridgehead atoms. The average Bonchev–Trinajstić information content (AvgIpc) is 2.75. The van der Waals surface area contributed by atoms with Gasteiger partial charge in [-0.15, -0.1) is 0 Å². The molecule has 0 aliphatic carbocycles. The number of rotatable bonds is 7. The zero-order valence-electron chi connectivity index (χ0n) is 17.9. The molecule has 0 aliphatic heterocycles. The first-order valence-corrected chi connectivity index (χ1v) is 10.1. The minimum atomic E-state index is 0.570. The molecule has 4 aromatic rings. The largest absolute Gasteiger partial charge is 0.325 e. The van der Waals surface area contributed by atoms with Crippen LogP contribution >= 0.6 is 0 Å². The summed E-state index contributed by atoms with van der Waals surface area (Å²) in [6, 6.07) is 18.0. The summed E-state index contributed by atoms with van der Waals surface area (Å²) >= 11 is 0. The molecule has 0 fully saturated rings. The summed E-state index contributed by atoms with van der Waals surface area (Å²) in [5.41, 5.74) is 4.13. The van der Waals surface area contributed by atoms with Gasteiger partial charge >= 0.3 is 0 Å². The van der Waals surface area contributed by atoms with Gasteiger partial charge in [0, 0.05) is 31.1 Å². The van der Waals surface area contributed by atoms with Gasteiger partial charge in [-0.3, -0.25) is 0 Å². The molecule has 0 saturated carbocycles. The molecule has 0 unspecified atom stereocenters. The van der Waals surface area contributed by atoms with Gasteiger partial charge in [-0.05, 0) is 56.4 Å². The van der Waals surface area contributed by atoms with Crippen molar-refractivity contribution in [2.24, 2.45) is 0 Å². The SMILES string of the molecule is Cc1cccc(-c2nccc(Nc3ccnc(Cc4ccc(CN(C)C)cc4)n3)n2)n1. The molecular weight excluding hydrogens is 386 g/mol. The van der Waals surface area contributed by atoms with Crippen LogP contribution < -0.4 is 5.32 Å². The number of anilines is 2. The molecule has 1 N–H and O–H groups in total. The standard InChI is InChI=1S/C24H25N7/c1-17-5-4-6-20(27-17)24-26-14-12-22(30-24)28-21-11-13-25-23(29-21)15-18-7-9-19(10-8-18)16-31(2)3/h4-14H,15-16H2,1-3H3,(H,25,26,28,29,30). The molecule has 0 radical (unpaired) electrons. The molecule has 0 aliphatic rings. The van der Waals surface area contributed by atoms with Gasteiger partial charge < -0.3 is 10.2 Å². The maximum atomic E-state index is 4.64. The topological polar surface area (TPSA) is 79.7 Å². The predicted octanol–water partition coefficient (Wildman–Crippen LogP) is 4.03. The second-order valence-electron chi connectivity index (χ2n) is 7.64. The summed E-state index contributed by atoms with van der Waals surface area (Å²) in [4.78, 5) is 24.6. The number of aryl methyl sites for hydroxylation is 1. The molecule has 3 aromatic heterocycles. The fraction of sp³-hybridized carbons (Fsp3) is 0.208. The normalized spacial score (nSPS) is 11.0. The van der Waals surface area contributed by atoms with E-state index in [2.05, 4.69) is 73.5 Å². The third-order valence-electron chi connectivity index (χ3n) is 4.62. The maximum Gasteiger partial charge on any atom is 0.180 e. The molecule has 0 spiro atoms. The highest BCUT2D eigenvalue weighted by atomic mass is 15.1. The number of aromatic nitrogens is 5. The van der Waals surface area contributed by atoms with Crippen LogP contribution in [0.5, 0.6) is 0 Å². The first kappa shape index (κ1) is 20.6. The van der Waals surface area contributed by atoms with E-state index in [1.807, 2.05) is 37.3 Å². The molecule has 3 heterocycles. The number of nitrogens with one attached hydrogen (secondary N) is 1. The third kappa shape index (κ3) is 5.67. The van der Waals surface area contributed by atoms with Crippen molar-refractivity contribution in [3.8, 4) is 11.5 Å². The van der Waals surface area contributed by atoms with Crippen molar-refractivity contribution in [1.29, 1.82) is 0 Å². The lowest BCUT2D eigenvalue weighted by Gasteiger charge is -2.10. The first-order chi connectivity index (χ1) is 15.0. The Labute approximate surface area is 182 Å². The number of benzene rings is 1. The molecule has 0 atom stereocenters. The minimum absolute atomic E-state index is 0.570. The van der Waals surface area contributed by atoms with E-state index in [0.717, 1.165) is 23.8 Å². The number of hydrogen-bond donors (Lipinski definition) is 1. The summed E-state index contributed by atoms with van der Waals surface area (Å²) in [5, 5.41) is 3.25. The van der Waals surface area contributed by atoms with Crippen molar-refractivity contribution in [2.45, 2.75) is 19.9 Å². The van der Waals surface area contributed by atoms with Gasteiger partial charge in [-0.1, -0.05) is 30.3 Å². The van der Waals surface area contributed by atoms with Gasteiger partial charge in [-0.2, -0.15) is 0 Å². The summed E-state index contributed by atoms with van der Waals surface area (Å²) in [6.45, 7) is 2.87. The van der Waals surface area contributed by atoms with E-state index in [9.17, 15) is 0 Å². The highest BCUT2D eigenvalue weighted by molar-refractivity contribution is 5.56. The van der Waals surface area contributed by atoms with Gasteiger partial charge in [0.05, 0.1) is 0 Å². The van der Waals surface area contributed by atoms with Crippen LogP contribution in [-0.4, -0.2) is 43.9 Å². The zero-order chi connectivity index (χ0) is 21.6. The van der Waals surface area contributed by atoms with Crippen molar-refractivity contribution in [1.82, 2.24) is 29.8 Å². The van der Waals surface area contributed by atoms with Gasteiger partial charge in [0.15, 0.2) is 5.82 Å². The summed E-state index contributed by atoms with van der Waals surface area (Å²) in [5.74, 6) is 2.67. The maximum absolute atomic E-state index is 4.64. The molecule has 1 aromatic carbocycles. The summed E-state index contributed by atoms with van der Waals surface area (Å²) in [6.07, 6.45) is 4.14. The lowest BCUT2D eigenvalue weighted by Crippen LogP contribution is -2.10. The Morgan fingerprint density at radius 3 is 2.23 bits per heavy atom. The zero-order valence-corrected chi connectivity index (χ0v) is 17.9. The fourth-order valence-corrected chi connectivity index (χ4v) is 3.21. The van der Waals surface area contributed by atoms with Crippen molar-refractivity contribution in [2.75, 3.05) is 19.4 Å². The van der Waals surface area contributed by atoms with Crippen molar-refractivity contribution >= 4 is 11.6 Å². The van der Waals surface area contributed by atoms with Crippen LogP contribution in [0.25, 0.3) is 11.5 Å². The van der Waals surface area contributed by atoms with Crippen LogP contribution in [0.4, 0.5) is 11.6 Å². The van der Waals surface area contributed by atoms with E-state index in [1.54, 1.807) is 12.4 Å². The molecular formula is C24H25N7. The average molecular weight is 412 g/mol. The Bertz CT molecular complexity index is 1160. The number of hydrogen-bond acceptors (Lipinski definition) is 7. The van der Waals surface area contributed by atoms with E-state index in [0.29, 0.717) is 23.9 Å². The fourth-order valence-electron chi connectivity index (χ4n) is 3.21. The molecule has 156 valence electrons. The second kappa shape index (κ2) is 9.40. The lowest BCUT2D eigenvalue weighted by molar-refractivity contribution is 0.402. The van der Waals surface area contributed by atoms with Gasteiger partial charge in [0.1, 0.15) is 23.2 Å². The quantitative estimate of drug-likeness (QED) is 0.492. The van der Waals surface area contributed by atoms with Crippen LogP contribution in [0.2, 0.25) is 0 Å². The Hall–Kier alpha value is -3.71. The van der Waals surface area contributed by atoms with E-state index in [1.165, 1.54) is 11.1 Å². The minimum Gasteiger partial charge on any atom is -0.325 e. The van der Waals surface area contributed by atoms with E-state index >= 15 is 0 Å². The first-order valence-electron chi connectivity index (χ1n) is 10.1. The summed E-state index contributed by atoms with van der Waals surface area (Å²) in [7, 11) is 4.14. The third-order valence-corrected chi connectivity index (χ3v) is 4.62. The monoisotopic (exact) mass is 411 g/mol. The van der Waals surface area contributed by atoms with E-state index in [4.69, 9.17) is 0 Å². The van der Waals surface area contributed by atoms with E-state index < -0.39 is 0 Å². The van der Waals surface area contributed by atoms with Gasteiger partial charge in [-0.25, -0.2) is 24.9 Å². The smallest absolute Gasteiger partial charge is 0.180 e. The van der Waals surface area contributed by atoms with Crippen molar-refractivity contribution < 1.29 is 0 Å². The molecule has 0 saturated heterocycles. The molecule has 7 heteroatoms. The predicted molar refractivity (Wildman–Crippen MR) is 122 cm³/mol. The molecule has 0 amide bonds. The van der Waals surface area contributed by atoms with Crippen LogP contribution in [0.1, 0.15) is 22.6 Å². The van der Waals surface area contributed by atoms with Gasteiger partial charge in [0.2, 0.25) is 0 Å². The van der Waals surface area contributed by atoms with Crippen molar-refractivity contribution in [3.63, 3.8) is 0 Å². The van der Waals surface area contributed by atoms with Crippen molar-refractivity contribution in [3.05, 3.63) is 89.6 Å². The van der Waals surface area contributed by atoms with Crippen LogP contribution in [0.3, 0.4) is 0 Å². The Morgan fingerprint density at radius 1 is 0.774 bits per heavy atom. The Morgan fingerprint density at radius 2 is 1.48 bits per heavy atom. The molecule has 7 nitrogen and oxygen atoms in total. The van der Waals surface area contributed by atoms with Gasteiger partial charge in [0.25, 0.3) is 0 Å². The number of pyridine rings is 1. The van der Waals surface area contributed by atoms with Crippen LogP contribution in [0, 0.1) is 6.92 Å². The second-order valence-corrected chi connectivity index (χ2v) is 7.64. The molecule has 31 heavy (non-hydrogen) atoms. The van der Waals surface area contributed by atoms with Crippen LogP contribution in [0.15, 0.2) is 67.0 Å². The number of nitrogens with zero attached hydrogens (tertiary/aromatic N) is 6. The Balaban J connectivity index is 1.47. The Kier molecular flexibility index (Phi) is 6.24. The lowest BCUT2D eigenvalue weighted by atomic mass is 10.1. The highest BCUT2D eigenvalue weighted by Gasteiger charge is 2.07. The van der Waals surface area contributed by atoms with E-state index in [-0.39, 0.29) is 0 Å².